The Balaban J connectivity index is 1.78. The van der Waals surface area contributed by atoms with Crippen LogP contribution in [-0.2, 0) is 34.5 Å². The Labute approximate surface area is 261 Å². The number of rotatable bonds is 16. The van der Waals surface area contributed by atoms with E-state index in [-0.39, 0.29) is 44.5 Å². The van der Waals surface area contributed by atoms with E-state index in [9.17, 15) is 24.1 Å². The molecule has 0 saturated heterocycles. The number of amides is 3. The van der Waals surface area contributed by atoms with E-state index in [1.165, 1.54) is 0 Å². The van der Waals surface area contributed by atoms with Gasteiger partial charge in [-0.15, -0.1) is 0 Å². The normalized spacial score (nSPS) is 17.8. The molecule has 1 unspecified atom stereocenters. The highest BCUT2D eigenvalue weighted by atomic mass is 31.2. The zero-order chi connectivity index (χ0) is 32.0. The number of aliphatic hydroxyl groups is 1. The van der Waals surface area contributed by atoms with Crippen molar-refractivity contribution in [2.24, 2.45) is 5.92 Å². The first kappa shape index (κ1) is 35.8. The fourth-order valence-electron chi connectivity index (χ4n) is 5.69. The number of nitrogens with one attached hydrogen (secondary N) is 2. The third-order valence-electron chi connectivity index (χ3n) is 7.94. The van der Waals surface area contributed by atoms with Crippen LogP contribution in [0.4, 0.5) is 4.79 Å². The van der Waals surface area contributed by atoms with E-state index >= 15 is 0 Å². The zero-order valence-electron chi connectivity index (χ0n) is 26.3. The Bertz CT molecular complexity index is 1100. The number of nitrogens with zero attached hydrogens (tertiary/aromatic N) is 1. The van der Waals surface area contributed by atoms with Crippen molar-refractivity contribution >= 4 is 25.5 Å². The third kappa shape index (κ3) is 10.8. The molecule has 1 heterocycles. The molecule has 44 heavy (non-hydrogen) atoms. The average Bonchev–Trinajstić information content (AvgIpc) is 3.24. The van der Waals surface area contributed by atoms with Gasteiger partial charge in [0.25, 0.3) is 0 Å². The summed E-state index contributed by atoms with van der Waals surface area (Å²) >= 11 is 0. The van der Waals surface area contributed by atoms with Crippen molar-refractivity contribution in [1.29, 1.82) is 0 Å². The van der Waals surface area contributed by atoms with Gasteiger partial charge in [-0.2, -0.15) is 0 Å². The standard InChI is InChI=1S/C31H50N3O9P/c1-4-19-41-31(38)33-26(21-23-12-8-7-9-13-23)29(36)32-25(30(37)44(39,42-5-2)43-6-3)16-17-28(35)34-18-20-40-27-15-11-10-14-24(27)22-34/h10-11,14-15,23,25-26,30,37H,4-9,12-13,16-22H2,1-3H3,(H,32,36)(H,33,38)/t25-,26-,30?/m0/s1. The molecular weight excluding hydrogens is 589 g/mol. The highest BCUT2D eigenvalue weighted by Gasteiger charge is 2.42. The molecule has 0 radical (unpaired) electrons. The van der Waals surface area contributed by atoms with Gasteiger partial charge in [0, 0.05) is 18.5 Å². The number of carbonyl (C=O) groups is 3. The Morgan fingerprint density at radius 3 is 2.45 bits per heavy atom. The number of hydrogen-bond donors (Lipinski definition) is 3. The van der Waals surface area contributed by atoms with E-state index in [0.29, 0.717) is 32.5 Å². The topological polar surface area (TPSA) is 153 Å². The summed E-state index contributed by atoms with van der Waals surface area (Å²) in [4.78, 5) is 41.3. The summed E-state index contributed by atoms with van der Waals surface area (Å²) in [6.07, 6.45) is 5.39. The van der Waals surface area contributed by atoms with Gasteiger partial charge in [-0.3, -0.25) is 14.2 Å². The van der Waals surface area contributed by atoms with Crippen molar-refractivity contribution in [3.63, 3.8) is 0 Å². The number of aliphatic hydroxyl groups excluding tert-OH is 1. The molecule has 0 aromatic heterocycles. The number of hydrogen-bond acceptors (Lipinski definition) is 9. The van der Waals surface area contributed by atoms with E-state index in [4.69, 9.17) is 18.5 Å². The Hall–Kier alpha value is -2.66. The van der Waals surface area contributed by atoms with Crippen LogP contribution in [0.15, 0.2) is 24.3 Å². The fourth-order valence-corrected chi connectivity index (χ4v) is 7.46. The molecule has 2 aliphatic rings. The Kier molecular flexibility index (Phi) is 14.9. The number of benzene rings is 1. The van der Waals surface area contributed by atoms with Gasteiger partial charge in [0.15, 0.2) is 5.85 Å². The molecular formula is C31H50N3O9P. The predicted molar refractivity (Wildman–Crippen MR) is 165 cm³/mol. The van der Waals surface area contributed by atoms with Gasteiger partial charge in [0.1, 0.15) is 18.4 Å². The SMILES string of the molecule is CCCOC(=O)N[C@@H](CC1CCCCC1)C(=O)N[C@@H](CCC(=O)N1CCOc2ccccc2C1)C(O)P(=O)(OCC)OCC. The molecule has 12 nitrogen and oxygen atoms in total. The third-order valence-corrected chi connectivity index (χ3v) is 10.2. The summed E-state index contributed by atoms with van der Waals surface area (Å²) in [5, 5.41) is 16.8. The minimum absolute atomic E-state index is 0.0102. The summed E-state index contributed by atoms with van der Waals surface area (Å²) in [7, 11) is -4.09. The van der Waals surface area contributed by atoms with Crippen LogP contribution in [0, 0.1) is 5.92 Å². The Morgan fingerprint density at radius 1 is 1.07 bits per heavy atom. The van der Waals surface area contributed by atoms with Crippen LogP contribution in [-0.4, -0.2) is 78.8 Å². The molecule has 3 amide bonds. The first-order valence-electron chi connectivity index (χ1n) is 16.0. The number of ether oxygens (including phenoxy) is 2. The summed E-state index contributed by atoms with van der Waals surface area (Å²) in [6, 6.07) is 5.42. The average molecular weight is 640 g/mol. The number of carbonyl (C=O) groups excluding carboxylic acids is 3. The highest BCUT2D eigenvalue weighted by molar-refractivity contribution is 7.54. The highest BCUT2D eigenvalue weighted by Crippen LogP contribution is 2.53. The molecule has 0 spiro atoms. The first-order valence-corrected chi connectivity index (χ1v) is 17.6. The van der Waals surface area contributed by atoms with Gasteiger partial charge in [0.05, 0.1) is 32.4 Å². The molecule has 1 aromatic carbocycles. The molecule has 1 aromatic rings. The summed E-state index contributed by atoms with van der Waals surface area (Å²) in [5.41, 5.74) is 0.881. The van der Waals surface area contributed by atoms with Crippen molar-refractivity contribution in [3.05, 3.63) is 29.8 Å². The Morgan fingerprint density at radius 2 is 1.77 bits per heavy atom. The second-order valence-corrected chi connectivity index (χ2v) is 13.4. The lowest BCUT2D eigenvalue weighted by atomic mass is 9.84. The van der Waals surface area contributed by atoms with Crippen molar-refractivity contribution in [2.45, 2.75) is 103 Å². The van der Waals surface area contributed by atoms with Crippen LogP contribution in [0.25, 0.3) is 0 Å². The van der Waals surface area contributed by atoms with Crippen LogP contribution >= 0.6 is 7.60 Å². The lowest BCUT2D eigenvalue weighted by molar-refractivity contribution is -0.133. The van der Waals surface area contributed by atoms with E-state index in [1.54, 1.807) is 18.7 Å². The largest absolute Gasteiger partial charge is 0.491 e. The minimum atomic E-state index is -4.09. The van der Waals surface area contributed by atoms with Crippen LogP contribution in [0.2, 0.25) is 0 Å². The molecule has 1 saturated carbocycles. The van der Waals surface area contributed by atoms with Crippen LogP contribution in [0.3, 0.4) is 0 Å². The van der Waals surface area contributed by atoms with Gasteiger partial charge >= 0.3 is 13.7 Å². The summed E-state index contributed by atoms with van der Waals surface area (Å²) < 4.78 is 35.4. The monoisotopic (exact) mass is 639 g/mol. The molecule has 1 fully saturated rings. The molecule has 13 heteroatoms. The van der Waals surface area contributed by atoms with Crippen LogP contribution < -0.4 is 15.4 Å². The van der Waals surface area contributed by atoms with Gasteiger partial charge in [-0.1, -0.05) is 57.2 Å². The molecule has 248 valence electrons. The van der Waals surface area contributed by atoms with E-state index in [2.05, 4.69) is 10.6 Å². The van der Waals surface area contributed by atoms with Gasteiger partial charge in [-0.25, -0.2) is 4.79 Å². The summed E-state index contributed by atoms with van der Waals surface area (Å²) in [6.45, 7) is 6.42. The van der Waals surface area contributed by atoms with Gasteiger partial charge < -0.3 is 39.2 Å². The lowest BCUT2D eigenvalue weighted by Gasteiger charge is -2.32. The van der Waals surface area contributed by atoms with Crippen molar-refractivity contribution < 1.29 is 42.6 Å². The number of fused-ring (bicyclic) bond motifs is 1. The summed E-state index contributed by atoms with van der Waals surface area (Å²) in [5.74, 6) is -1.54. The van der Waals surface area contributed by atoms with E-state index < -0.39 is 37.5 Å². The number of alkyl carbamates (subject to hydrolysis) is 1. The zero-order valence-corrected chi connectivity index (χ0v) is 27.2. The van der Waals surface area contributed by atoms with Gasteiger partial charge in [0.2, 0.25) is 11.8 Å². The maximum atomic E-state index is 13.7. The van der Waals surface area contributed by atoms with Crippen LogP contribution in [0.5, 0.6) is 5.75 Å². The fraction of sp³-hybridized carbons (Fsp3) is 0.710. The van der Waals surface area contributed by atoms with Crippen molar-refractivity contribution in [3.8, 4) is 5.75 Å². The predicted octanol–water partition coefficient (Wildman–Crippen LogP) is 4.73. The maximum Gasteiger partial charge on any atom is 0.407 e. The van der Waals surface area contributed by atoms with E-state index in [0.717, 1.165) is 43.4 Å². The van der Waals surface area contributed by atoms with Crippen LogP contribution in [0.1, 0.15) is 84.1 Å². The molecule has 3 atom stereocenters. The lowest BCUT2D eigenvalue weighted by Crippen LogP contribution is -2.53. The minimum Gasteiger partial charge on any atom is -0.491 e. The quantitative estimate of drug-likeness (QED) is 0.218. The second kappa shape index (κ2) is 18.3. The number of para-hydroxylation sites is 1. The van der Waals surface area contributed by atoms with Gasteiger partial charge in [-0.05, 0) is 45.1 Å². The molecule has 3 N–H and O–H groups in total. The van der Waals surface area contributed by atoms with Crippen molar-refractivity contribution in [2.75, 3.05) is 33.0 Å². The molecule has 0 bridgehead atoms. The molecule has 3 rings (SSSR count). The second-order valence-electron chi connectivity index (χ2n) is 11.3. The van der Waals surface area contributed by atoms with E-state index in [1.807, 2.05) is 31.2 Å². The first-order chi connectivity index (χ1) is 21.2. The van der Waals surface area contributed by atoms with Crippen molar-refractivity contribution in [1.82, 2.24) is 15.5 Å². The smallest absolute Gasteiger partial charge is 0.407 e. The molecule has 1 aliphatic carbocycles. The molecule has 1 aliphatic heterocycles. The maximum absolute atomic E-state index is 13.7.